The van der Waals surface area contributed by atoms with E-state index in [1.165, 1.54) is 12.1 Å². The molecule has 0 radical (unpaired) electrons. The summed E-state index contributed by atoms with van der Waals surface area (Å²) in [4.78, 5) is 48.8. The number of amides is 3. The SMILES string of the molecule is CC(C)C[C@H](NC(=O)CNC(=O)[C@@H](N)CC(C)C)C(=O)N[C@@H](Cc1ccc(O)cc1)C(=O)O. The Morgan fingerprint density at radius 1 is 0.879 bits per heavy atom. The van der Waals surface area contributed by atoms with Gasteiger partial charge in [-0.2, -0.15) is 0 Å². The van der Waals surface area contributed by atoms with Crippen LogP contribution >= 0.6 is 0 Å². The van der Waals surface area contributed by atoms with E-state index in [1.54, 1.807) is 12.1 Å². The van der Waals surface area contributed by atoms with E-state index in [4.69, 9.17) is 5.73 Å². The molecule has 0 aliphatic rings. The van der Waals surface area contributed by atoms with Gasteiger partial charge in [0.15, 0.2) is 0 Å². The molecule has 7 N–H and O–H groups in total. The maximum Gasteiger partial charge on any atom is 0.326 e. The smallest absolute Gasteiger partial charge is 0.326 e. The quantitative estimate of drug-likeness (QED) is 0.247. The van der Waals surface area contributed by atoms with Crippen LogP contribution in [0.5, 0.6) is 5.75 Å². The number of carboxylic acids is 1. The molecule has 0 aliphatic heterocycles. The summed E-state index contributed by atoms with van der Waals surface area (Å²) in [5.41, 5.74) is 6.41. The highest BCUT2D eigenvalue weighted by atomic mass is 16.4. The third-order valence-corrected chi connectivity index (χ3v) is 4.83. The molecule has 10 nitrogen and oxygen atoms in total. The number of hydrogen-bond donors (Lipinski definition) is 6. The first-order chi connectivity index (χ1) is 15.4. The predicted octanol–water partition coefficient (Wildman–Crippen LogP) is 0.525. The Balaban J connectivity index is 2.75. The molecule has 0 aliphatic carbocycles. The first-order valence-electron chi connectivity index (χ1n) is 11.0. The lowest BCUT2D eigenvalue weighted by molar-refractivity contribution is -0.142. The Bertz CT molecular complexity index is 810. The number of rotatable bonds is 13. The lowest BCUT2D eigenvalue weighted by Gasteiger charge is -2.23. The van der Waals surface area contributed by atoms with Gasteiger partial charge in [0.1, 0.15) is 17.8 Å². The number of hydrogen-bond acceptors (Lipinski definition) is 6. The van der Waals surface area contributed by atoms with Crippen LogP contribution in [-0.2, 0) is 25.6 Å². The molecule has 0 heterocycles. The molecule has 0 spiro atoms. The molecule has 1 aromatic rings. The zero-order valence-electron chi connectivity index (χ0n) is 19.6. The van der Waals surface area contributed by atoms with E-state index in [9.17, 15) is 29.4 Å². The van der Waals surface area contributed by atoms with Crippen LogP contribution in [0.15, 0.2) is 24.3 Å². The molecule has 33 heavy (non-hydrogen) atoms. The van der Waals surface area contributed by atoms with E-state index in [0.717, 1.165) is 0 Å². The molecule has 0 saturated carbocycles. The molecule has 10 heteroatoms. The number of phenolic OH excluding ortho intramolecular Hbond substituents is 1. The summed E-state index contributed by atoms with van der Waals surface area (Å²) >= 11 is 0. The van der Waals surface area contributed by atoms with Gasteiger partial charge in [0.25, 0.3) is 0 Å². The van der Waals surface area contributed by atoms with E-state index in [1.807, 2.05) is 27.7 Å². The third kappa shape index (κ3) is 10.8. The van der Waals surface area contributed by atoms with Gasteiger partial charge in [0, 0.05) is 6.42 Å². The van der Waals surface area contributed by atoms with Crippen LogP contribution in [0.3, 0.4) is 0 Å². The van der Waals surface area contributed by atoms with Crippen LogP contribution in [0.1, 0.15) is 46.1 Å². The number of carbonyl (C=O) groups excluding carboxylic acids is 3. The Morgan fingerprint density at radius 2 is 1.45 bits per heavy atom. The minimum Gasteiger partial charge on any atom is -0.508 e. The summed E-state index contributed by atoms with van der Waals surface area (Å²) in [6, 6.07) is 3.07. The Hall–Kier alpha value is -3.14. The van der Waals surface area contributed by atoms with Crippen molar-refractivity contribution in [1.82, 2.24) is 16.0 Å². The van der Waals surface area contributed by atoms with Gasteiger partial charge in [-0.3, -0.25) is 14.4 Å². The Kier molecular flexibility index (Phi) is 11.3. The second kappa shape index (κ2) is 13.4. The number of benzene rings is 1. The average Bonchev–Trinajstić information content (AvgIpc) is 2.71. The molecule has 0 saturated heterocycles. The van der Waals surface area contributed by atoms with Gasteiger partial charge in [0.05, 0.1) is 12.6 Å². The van der Waals surface area contributed by atoms with Crippen LogP contribution < -0.4 is 21.7 Å². The van der Waals surface area contributed by atoms with Gasteiger partial charge in [-0.05, 0) is 42.4 Å². The Morgan fingerprint density at radius 3 is 1.97 bits per heavy atom. The summed E-state index contributed by atoms with van der Waals surface area (Å²) in [5, 5.41) is 26.4. The van der Waals surface area contributed by atoms with Crippen LogP contribution in [0.2, 0.25) is 0 Å². The van der Waals surface area contributed by atoms with Gasteiger partial charge < -0.3 is 31.9 Å². The van der Waals surface area contributed by atoms with Crippen molar-refractivity contribution in [3.8, 4) is 5.75 Å². The van der Waals surface area contributed by atoms with Crippen molar-refractivity contribution < 1.29 is 29.4 Å². The van der Waals surface area contributed by atoms with Crippen LogP contribution in [0.4, 0.5) is 0 Å². The molecular weight excluding hydrogens is 428 g/mol. The summed E-state index contributed by atoms with van der Waals surface area (Å²) < 4.78 is 0. The molecule has 3 amide bonds. The molecular formula is C23H36N4O6. The zero-order valence-corrected chi connectivity index (χ0v) is 19.6. The number of carboxylic acid groups (broad SMARTS) is 1. The predicted molar refractivity (Wildman–Crippen MR) is 123 cm³/mol. The summed E-state index contributed by atoms with van der Waals surface area (Å²) in [6.07, 6.45) is 0.765. The van der Waals surface area contributed by atoms with E-state index < -0.39 is 41.8 Å². The maximum absolute atomic E-state index is 12.8. The molecule has 1 rings (SSSR count). The van der Waals surface area contributed by atoms with E-state index in [-0.39, 0.29) is 37.0 Å². The van der Waals surface area contributed by atoms with Crippen LogP contribution in [0.25, 0.3) is 0 Å². The van der Waals surface area contributed by atoms with Crippen LogP contribution in [-0.4, -0.2) is 58.6 Å². The fourth-order valence-electron chi connectivity index (χ4n) is 3.20. The topological polar surface area (TPSA) is 171 Å². The standard InChI is InChI=1S/C23H36N4O6/c1-13(2)9-17(24)21(30)25-12-20(29)26-18(10-14(3)4)22(31)27-19(23(32)33)11-15-5-7-16(28)8-6-15/h5-8,13-14,17-19,28H,9-12,24H2,1-4H3,(H,25,30)(H,26,29)(H,27,31)(H,32,33)/t17-,18-,19-/m0/s1. The fraction of sp³-hybridized carbons (Fsp3) is 0.565. The zero-order chi connectivity index (χ0) is 25.1. The van der Waals surface area contributed by atoms with Crippen molar-refractivity contribution in [2.24, 2.45) is 17.6 Å². The van der Waals surface area contributed by atoms with Crippen LogP contribution in [0, 0.1) is 11.8 Å². The summed E-state index contributed by atoms with van der Waals surface area (Å²) in [5.74, 6) is -2.58. The molecule has 0 fully saturated rings. The highest BCUT2D eigenvalue weighted by Crippen LogP contribution is 2.12. The van der Waals surface area contributed by atoms with E-state index >= 15 is 0 Å². The van der Waals surface area contributed by atoms with Crippen molar-refractivity contribution in [3.05, 3.63) is 29.8 Å². The lowest BCUT2D eigenvalue weighted by Crippen LogP contribution is -2.54. The van der Waals surface area contributed by atoms with Gasteiger partial charge in [-0.25, -0.2) is 4.79 Å². The number of nitrogens with one attached hydrogen (secondary N) is 3. The van der Waals surface area contributed by atoms with Gasteiger partial charge >= 0.3 is 5.97 Å². The highest BCUT2D eigenvalue weighted by molar-refractivity contribution is 5.92. The minimum absolute atomic E-state index is 0.00744. The summed E-state index contributed by atoms with van der Waals surface area (Å²) in [7, 11) is 0. The number of carbonyl (C=O) groups is 4. The molecule has 0 unspecified atom stereocenters. The van der Waals surface area contributed by atoms with E-state index in [2.05, 4.69) is 16.0 Å². The van der Waals surface area contributed by atoms with Gasteiger partial charge in [-0.15, -0.1) is 0 Å². The molecule has 184 valence electrons. The Labute approximate surface area is 194 Å². The fourth-order valence-corrected chi connectivity index (χ4v) is 3.20. The maximum atomic E-state index is 12.8. The summed E-state index contributed by atoms with van der Waals surface area (Å²) in [6.45, 7) is 7.25. The molecule has 0 aromatic heterocycles. The largest absolute Gasteiger partial charge is 0.508 e. The van der Waals surface area contributed by atoms with E-state index in [0.29, 0.717) is 12.0 Å². The van der Waals surface area contributed by atoms with Crippen molar-refractivity contribution in [2.75, 3.05) is 6.54 Å². The number of nitrogens with two attached hydrogens (primary N) is 1. The monoisotopic (exact) mass is 464 g/mol. The van der Waals surface area contributed by atoms with Gasteiger partial charge in [-0.1, -0.05) is 39.8 Å². The first-order valence-corrected chi connectivity index (χ1v) is 11.0. The average molecular weight is 465 g/mol. The minimum atomic E-state index is -1.22. The lowest BCUT2D eigenvalue weighted by atomic mass is 10.0. The number of aromatic hydroxyl groups is 1. The van der Waals surface area contributed by atoms with Crippen molar-refractivity contribution in [2.45, 2.75) is 65.1 Å². The molecule has 1 aromatic carbocycles. The third-order valence-electron chi connectivity index (χ3n) is 4.83. The van der Waals surface area contributed by atoms with Crippen molar-refractivity contribution in [1.29, 1.82) is 0 Å². The van der Waals surface area contributed by atoms with Crippen molar-refractivity contribution >= 4 is 23.7 Å². The normalized spacial score (nSPS) is 13.8. The highest BCUT2D eigenvalue weighted by Gasteiger charge is 2.27. The second-order valence-corrected chi connectivity index (χ2v) is 8.97. The second-order valence-electron chi connectivity index (χ2n) is 8.97. The molecule has 0 bridgehead atoms. The number of phenols is 1. The molecule has 3 atom stereocenters. The van der Waals surface area contributed by atoms with Crippen molar-refractivity contribution in [3.63, 3.8) is 0 Å². The number of aliphatic carboxylic acids is 1. The van der Waals surface area contributed by atoms with Gasteiger partial charge in [0.2, 0.25) is 17.7 Å². The first kappa shape index (κ1) is 27.9.